The molecule has 0 spiro atoms. The molecule has 0 atom stereocenters. The molecule has 1 heterocycles. The van der Waals surface area contributed by atoms with E-state index >= 15 is 0 Å². The Morgan fingerprint density at radius 1 is 1.52 bits per heavy atom. The number of nitro benzene ring substituents is 1. The fourth-order valence-electron chi connectivity index (χ4n) is 1.68. The minimum Gasteiger partial charge on any atom is -0.475 e. The fourth-order valence-corrected chi connectivity index (χ4v) is 1.91. The predicted octanol–water partition coefficient (Wildman–Crippen LogP) is 2.75. The van der Waals surface area contributed by atoms with Crippen molar-refractivity contribution in [2.24, 2.45) is 0 Å². The summed E-state index contributed by atoms with van der Waals surface area (Å²) in [5.41, 5.74) is 0.0440. The van der Waals surface area contributed by atoms with Crippen molar-refractivity contribution in [2.75, 3.05) is 7.11 Å². The van der Waals surface area contributed by atoms with Crippen molar-refractivity contribution in [1.82, 2.24) is 4.98 Å². The Hall–Kier alpha value is -2.45. The predicted molar refractivity (Wildman–Crippen MR) is 71.3 cm³/mol. The summed E-state index contributed by atoms with van der Waals surface area (Å²) in [7, 11) is 1.38. The third-order valence-corrected chi connectivity index (χ3v) is 2.73. The summed E-state index contributed by atoms with van der Waals surface area (Å²) in [6.07, 6.45) is 0. The molecule has 1 aromatic heterocycles. The van der Waals surface area contributed by atoms with Crippen LogP contribution in [0.25, 0.3) is 11.5 Å². The number of carbonyl (C=O) groups is 1. The second-order valence-electron chi connectivity index (χ2n) is 3.99. The molecule has 2 rings (SSSR count). The van der Waals surface area contributed by atoms with E-state index in [0.717, 1.165) is 0 Å². The molecule has 0 radical (unpaired) electrons. The van der Waals surface area contributed by atoms with Crippen LogP contribution in [0.2, 0.25) is 5.02 Å². The first-order valence-corrected chi connectivity index (χ1v) is 5.97. The Kier molecular flexibility index (Phi) is 4.20. The van der Waals surface area contributed by atoms with Crippen LogP contribution in [0.3, 0.4) is 0 Å². The molecule has 8 nitrogen and oxygen atoms in total. The topological polar surface area (TPSA) is 116 Å². The molecule has 1 aromatic carbocycles. The first-order valence-electron chi connectivity index (χ1n) is 5.59. The summed E-state index contributed by atoms with van der Waals surface area (Å²) in [5, 5.41) is 19.9. The molecule has 9 heteroatoms. The molecule has 110 valence electrons. The Morgan fingerprint density at radius 2 is 2.24 bits per heavy atom. The number of non-ortho nitro benzene ring substituents is 1. The highest BCUT2D eigenvalue weighted by molar-refractivity contribution is 6.31. The van der Waals surface area contributed by atoms with Crippen molar-refractivity contribution in [3.05, 3.63) is 44.8 Å². The zero-order valence-corrected chi connectivity index (χ0v) is 11.5. The van der Waals surface area contributed by atoms with Gasteiger partial charge >= 0.3 is 5.97 Å². The minimum absolute atomic E-state index is 0.0617. The van der Waals surface area contributed by atoms with Crippen LogP contribution in [0.1, 0.15) is 16.2 Å². The third kappa shape index (κ3) is 3.18. The van der Waals surface area contributed by atoms with Crippen LogP contribution in [0.5, 0.6) is 0 Å². The zero-order chi connectivity index (χ0) is 15.6. The molecule has 1 N–H and O–H groups in total. The molecule has 21 heavy (non-hydrogen) atoms. The van der Waals surface area contributed by atoms with Gasteiger partial charge in [-0.2, -0.15) is 0 Å². The number of methoxy groups -OCH3 is 1. The second kappa shape index (κ2) is 5.90. The summed E-state index contributed by atoms with van der Waals surface area (Å²) < 4.78 is 9.97. The number of hydrogen-bond acceptors (Lipinski definition) is 6. The smallest absolute Gasteiger partial charge is 0.373 e. The first-order chi connectivity index (χ1) is 9.92. The molecule has 0 aliphatic heterocycles. The molecule has 0 bridgehead atoms. The normalized spacial score (nSPS) is 10.6. The van der Waals surface area contributed by atoms with Crippen LogP contribution in [-0.2, 0) is 11.3 Å². The van der Waals surface area contributed by atoms with Crippen molar-refractivity contribution in [1.29, 1.82) is 0 Å². The van der Waals surface area contributed by atoms with Crippen molar-refractivity contribution in [2.45, 2.75) is 6.61 Å². The first kappa shape index (κ1) is 14.9. The van der Waals surface area contributed by atoms with Crippen LogP contribution in [-0.4, -0.2) is 28.1 Å². The van der Waals surface area contributed by atoms with E-state index in [2.05, 4.69) is 4.98 Å². The number of benzene rings is 1. The third-order valence-electron chi connectivity index (χ3n) is 2.51. The molecular weight excluding hydrogens is 304 g/mol. The van der Waals surface area contributed by atoms with Gasteiger partial charge in [0.1, 0.15) is 5.69 Å². The van der Waals surface area contributed by atoms with Gasteiger partial charge in [0.15, 0.2) is 0 Å². The van der Waals surface area contributed by atoms with Gasteiger partial charge in [-0.15, -0.1) is 0 Å². The monoisotopic (exact) mass is 312 g/mol. The molecule has 0 aliphatic rings. The van der Waals surface area contributed by atoms with Gasteiger partial charge in [0.25, 0.3) is 5.69 Å². The lowest BCUT2D eigenvalue weighted by molar-refractivity contribution is -0.384. The highest BCUT2D eigenvalue weighted by Crippen LogP contribution is 2.29. The summed E-state index contributed by atoms with van der Waals surface area (Å²) in [6.45, 7) is -0.0617. The standard InChI is InChI=1S/C12H9ClN2O6/c1-20-5-9-10(12(16)17)21-11(14-9)6-2-7(13)4-8(3-6)15(18)19/h2-4H,5H2,1H3,(H,16,17). The van der Waals surface area contributed by atoms with Crippen LogP contribution in [0, 0.1) is 10.1 Å². The fraction of sp³-hybridized carbons (Fsp3) is 0.167. The lowest BCUT2D eigenvalue weighted by Gasteiger charge is -1.97. The summed E-state index contributed by atoms with van der Waals surface area (Å²) in [6, 6.07) is 3.75. The van der Waals surface area contributed by atoms with Gasteiger partial charge in [0, 0.05) is 29.8 Å². The van der Waals surface area contributed by atoms with Gasteiger partial charge in [0.05, 0.1) is 11.5 Å². The van der Waals surface area contributed by atoms with E-state index in [-0.39, 0.29) is 40.2 Å². The SMILES string of the molecule is COCc1nc(-c2cc(Cl)cc([N+](=O)[O-])c2)oc1C(=O)O. The van der Waals surface area contributed by atoms with Crippen LogP contribution < -0.4 is 0 Å². The summed E-state index contributed by atoms with van der Waals surface area (Å²) in [5.74, 6) is -1.77. The lowest BCUT2D eigenvalue weighted by Crippen LogP contribution is -2.00. The number of carboxylic acids is 1. The van der Waals surface area contributed by atoms with Gasteiger partial charge < -0.3 is 14.3 Å². The van der Waals surface area contributed by atoms with Crippen molar-refractivity contribution in [3.8, 4) is 11.5 Å². The number of nitro groups is 1. The number of nitrogens with zero attached hydrogens (tertiary/aromatic N) is 2. The number of carboxylic acid groups (broad SMARTS) is 1. The van der Waals surface area contributed by atoms with Gasteiger partial charge in [-0.1, -0.05) is 11.6 Å². The van der Waals surface area contributed by atoms with Crippen LogP contribution in [0.4, 0.5) is 5.69 Å². The molecule has 0 unspecified atom stereocenters. The molecule has 0 aliphatic carbocycles. The Labute approximate surface area is 123 Å². The van der Waals surface area contributed by atoms with Gasteiger partial charge in [0.2, 0.25) is 11.7 Å². The Bertz CT molecular complexity index is 712. The van der Waals surface area contributed by atoms with Crippen molar-refractivity contribution >= 4 is 23.3 Å². The number of hydrogen-bond donors (Lipinski definition) is 1. The number of ether oxygens (including phenoxy) is 1. The number of halogens is 1. The Morgan fingerprint density at radius 3 is 2.81 bits per heavy atom. The molecule has 0 amide bonds. The number of oxazole rings is 1. The number of aromatic nitrogens is 1. The largest absolute Gasteiger partial charge is 0.475 e. The van der Waals surface area contributed by atoms with Crippen LogP contribution in [0.15, 0.2) is 22.6 Å². The van der Waals surface area contributed by atoms with E-state index in [1.54, 1.807) is 0 Å². The average molecular weight is 313 g/mol. The maximum Gasteiger partial charge on any atom is 0.373 e. The Balaban J connectivity index is 2.54. The number of rotatable bonds is 5. The molecule has 0 saturated heterocycles. The molecular formula is C12H9ClN2O6. The lowest BCUT2D eigenvalue weighted by atomic mass is 10.2. The zero-order valence-electron chi connectivity index (χ0n) is 10.7. The molecule has 0 saturated carbocycles. The van der Waals surface area contributed by atoms with Crippen molar-refractivity contribution < 1.29 is 24.0 Å². The van der Waals surface area contributed by atoms with E-state index in [9.17, 15) is 14.9 Å². The minimum atomic E-state index is -1.31. The van der Waals surface area contributed by atoms with E-state index in [0.29, 0.717) is 0 Å². The highest BCUT2D eigenvalue weighted by Gasteiger charge is 2.21. The second-order valence-corrected chi connectivity index (χ2v) is 4.42. The van der Waals surface area contributed by atoms with Crippen molar-refractivity contribution in [3.63, 3.8) is 0 Å². The van der Waals surface area contributed by atoms with Crippen LogP contribution >= 0.6 is 11.6 Å². The van der Waals surface area contributed by atoms with E-state index < -0.39 is 10.9 Å². The average Bonchev–Trinajstić information content (AvgIpc) is 2.82. The van der Waals surface area contributed by atoms with E-state index in [4.69, 9.17) is 25.9 Å². The molecule has 0 fully saturated rings. The van der Waals surface area contributed by atoms with Gasteiger partial charge in [-0.25, -0.2) is 9.78 Å². The van der Waals surface area contributed by atoms with Gasteiger partial charge in [-0.3, -0.25) is 10.1 Å². The van der Waals surface area contributed by atoms with Gasteiger partial charge in [-0.05, 0) is 6.07 Å². The van der Waals surface area contributed by atoms with E-state index in [1.807, 2.05) is 0 Å². The maximum atomic E-state index is 11.1. The summed E-state index contributed by atoms with van der Waals surface area (Å²) >= 11 is 5.80. The highest BCUT2D eigenvalue weighted by atomic mass is 35.5. The molecule has 2 aromatic rings. The summed E-state index contributed by atoms with van der Waals surface area (Å²) in [4.78, 5) is 25.2. The quantitative estimate of drug-likeness (QED) is 0.666. The van der Waals surface area contributed by atoms with E-state index in [1.165, 1.54) is 25.3 Å². The maximum absolute atomic E-state index is 11.1. The number of aromatic carboxylic acids is 1.